The lowest BCUT2D eigenvalue weighted by Gasteiger charge is -2.35. The molecule has 2 N–H and O–H groups in total. The standard InChI is InChI=1S/C12H17N3O3S/c1-15-6-10-11(9(15)7-16)18-8-12(14-19(10)17)2-4-13-5-3-12/h6-7,13-14H,2-5,8H2,1H3. The van der Waals surface area contributed by atoms with Crippen LogP contribution in [0.3, 0.4) is 0 Å². The highest BCUT2D eigenvalue weighted by molar-refractivity contribution is 7.83. The van der Waals surface area contributed by atoms with Crippen molar-refractivity contribution in [3.63, 3.8) is 0 Å². The molecule has 0 radical (unpaired) electrons. The van der Waals surface area contributed by atoms with Gasteiger partial charge >= 0.3 is 0 Å². The maximum Gasteiger partial charge on any atom is 0.170 e. The van der Waals surface area contributed by atoms with E-state index in [1.54, 1.807) is 17.8 Å². The minimum atomic E-state index is -1.34. The fourth-order valence-electron chi connectivity index (χ4n) is 2.65. The molecule has 6 nitrogen and oxygen atoms in total. The average Bonchev–Trinajstić information content (AvgIpc) is 2.67. The van der Waals surface area contributed by atoms with E-state index < -0.39 is 11.0 Å². The fourth-order valence-corrected chi connectivity index (χ4v) is 4.00. The number of nitrogens with zero attached hydrogens (tertiary/aromatic N) is 1. The zero-order valence-electron chi connectivity index (χ0n) is 10.8. The molecule has 104 valence electrons. The highest BCUT2D eigenvalue weighted by atomic mass is 32.2. The molecule has 3 rings (SSSR count). The Balaban J connectivity index is 1.96. The number of aryl methyl sites for hydroxylation is 1. The van der Waals surface area contributed by atoms with Gasteiger partial charge < -0.3 is 14.6 Å². The molecule has 3 heterocycles. The minimum Gasteiger partial charge on any atom is -0.488 e. The number of carbonyl (C=O) groups excluding carboxylic acids is 1. The number of hydrogen-bond acceptors (Lipinski definition) is 4. The molecule has 1 spiro atoms. The Morgan fingerprint density at radius 1 is 1.47 bits per heavy atom. The van der Waals surface area contributed by atoms with Crippen LogP contribution < -0.4 is 14.8 Å². The summed E-state index contributed by atoms with van der Waals surface area (Å²) in [6.45, 7) is 2.20. The number of nitrogens with one attached hydrogen (secondary N) is 2. The van der Waals surface area contributed by atoms with Gasteiger partial charge in [0, 0.05) is 13.2 Å². The van der Waals surface area contributed by atoms with Gasteiger partial charge in [0.05, 0.1) is 5.54 Å². The molecule has 1 unspecified atom stereocenters. The summed E-state index contributed by atoms with van der Waals surface area (Å²) in [5.41, 5.74) is 0.178. The largest absolute Gasteiger partial charge is 0.488 e. The number of aldehydes is 1. The van der Waals surface area contributed by atoms with Crippen molar-refractivity contribution in [2.75, 3.05) is 19.7 Å². The molecule has 0 saturated carbocycles. The van der Waals surface area contributed by atoms with Crippen molar-refractivity contribution < 1.29 is 13.7 Å². The molecule has 7 heteroatoms. The van der Waals surface area contributed by atoms with E-state index in [0.29, 0.717) is 22.9 Å². The summed E-state index contributed by atoms with van der Waals surface area (Å²) in [5.74, 6) is 0.457. The monoisotopic (exact) mass is 283 g/mol. The van der Waals surface area contributed by atoms with Crippen LogP contribution >= 0.6 is 0 Å². The van der Waals surface area contributed by atoms with Crippen LogP contribution in [0.2, 0.25) is 0 Å². The first-order valence-corrected chi connectivity index (χ1v) is 7.48. The van der Waals surface area contributed by atoms with Crippen molar-refractivity contribution >= 4 is 17.3 Å². The van der Waals surface area contributed by atoms with Gasteiger partial charge in [-0.05, 0) is 25.9 Å². The second kappa shape index (κ2) is 4.73. The third-order valence-corrected chi connectivity index (χ3v) is 5.13. The van der Waals surface area contributed by atoms with Crippen LogP contribution in [0.5, 0.6) is 5.75 Å². The van der Waals surface area contributed by atoms with Crippen molar-refractivity contribution in [1.29, 1.82) is 0 Å². The molecule has 0 amide bonds. The number of hydrogen-bond donors (Lipinski definition) is 2. The van der Waals surface area contributed by atoms with Gasteiger partial charge in [-0.1, -0.05) is 0 Å². The normalized spacial score (nSPS) is 25.4. The molecule has 1 fully saturated rings. The van der Waals surface area contributed by atoms with Crippen molar-refractivity contribution in [3.8, 4) is 5.75 Å². The van der Waals surface area contributed by atoms with E-state index in [-0.39, 0.29) is 5.54 Å². The Morgan fingerprint density at radius 2 is 2.21 bits per heavy atom. The minimum absolute atomic E-state index is 0.263. The number of carbonyl (C=O) groups is 1. The van der Waals surface area contributed by atoms with E-state index >= 15 is 0 Å². The van der Waals surface area contributed by atoms with Crippen molar-refractivity contribution in [1.82, 2.24) is 14.6 Å². The first-order chi connectivity index (χ1) is 9.15. The SMILES string of the molecule is Cn1cc2c(c1C=O)OCC1(CCNCC1)NS2=O. The molecule has 19 heavy (non-hydrogen) atoms. The van der Waals surface area contributed by atoms with Crippen LogP contribution in [0, 0.1) is 0 Å². The van der Waals surface area contributed by atoms with Gasteiger partial charge in [-0.2, -0.15) is 0 Å². The molecule has 2 aliphatic heterocycles. The van der Waals surface area contributed by atoms with Crippen LogP contribution in [0.15, 0.2) is 11.1 Å². The fraction of sp³-hybridized carbons (Fsp3) is 0.583. The first kappa shape index (κ1) is 12.8. The van der Waals surface area contributed by atoms with Gasteiger partial charge in [-0.15, -0.1) is 0 Å². The summed E-state index contributed by atoms with van der Waals surface area (Å²) in [6, 6.07) is 0. The second-order valence-electron chi connectivity index (χ2n) is 5.13. The topological polar surface area (TPSA) is 72.4 Å². The molecule has 0 aliphatic carbocycles. The summed E-state index contributed by atoms with van der Waals surface area (Å²) in [6.07, 6.45) is 4.18. The lowest BCUT2D eigenvalue weighted by Crippen LogP contribution is -2.55. The quantitative estimate of drug-likeness (QED) is 0.710. The molecule has 1 saturated heterocycles. The number of aromatic nitrogens is 1. The summed E-state index contributed by atoms with van der Waals surface area (Å²) in [4.78, 5) is 11.7. The summed E-state index contributed by atoms with van der Waals surface area (Å²) in [7, 11) is 0.406. The van der Waals surface area contributed by atoms with Crippen LogP contribution in [0.25, 0.3) is 0 Å². The Hall–Kier alpha value is -1.18. The Morgan fingerprint density at radius 3 is 2.89 bits per heavy atom. The molecule has 1 atom stereocenters. The predicted molar refractivity (Wildman–Crippen MR) is 70.7 cm³/mol. The smallest absolute Gasteiger partial charge is 0.170 e. The average molecular weight is 283 g/mol. The third-order valence-electron chi connectivity index (χ3n) is 3.82. The van der Waals surface area contributed by atoms with E-state index in [1.165, 1.54) is 0 Å². The van der Waals surface area contributed by atoms with Gasteiger partial charge in [0.2, 0.25) is 0 Å². The predicted octanol–water partition coefficient (Wildman–Crippen LogP) is -0.0356. The Bertz CT molecular complexity index is 535. The lowest BCUT2D eigenvalue weighted by atomic mass is 9.90. The first-order valence-electron chi connectivity index (χ1n) is 6.33. The van der Waals surface area contributed by atoms with Crippen molar-refractivity contribution in [3.05, 3.63) is 11.9 Å². The van der Waals surface area contributed by atoms with E-state index in [0.717, 1.165) is 32.2 Å². The van der Waals surface area contributed by atoms with Gasteiger partial charge in [0.15, 0.2) is 12.0 Å². The zero-order chi connectivity index (χ0) is 13.5. The summed E-state index contributed by atoms with van der Waals surface area (Å²) >= 11 is 0. The number of fused-ring (bicyclic) bond motifs is 1. The zero-order valence-corrected chi connectivity index (χ0v) is 11.6. The highest BCUT2D eigenvalue weighted by Gasteiger charge is 2.39. The second-order valence-corrected chi connectivity index (χ2v) is 6.31. The molecule has 2 aliphatic rings. The lowest BCUT2D eigenvalue weighted by molar-refractivity contribution is 0.110. The van der Waals surface area contributed by atoms with Gasteiger partial charge in [0.1, 0.15) is 28.2 Å². The van der Waals surface area contributed by atoms with Gasteiger partial charge in [0.25, 0.3) is 0 Å². The van der Waals surface area contributed by atoms with E-state index in [4.69, 9.17) is 4.74 Å². The van der Waals surface area contributed by atoms with Crippen LogP contribution in [-0.4, -0.2) is 40.3 Å². The molecule has 0 aromatic carbocycles. The van der Waals surface area contributed by atoms with E-state index in [9.17, 15) is 9.00 Å². The molecule has 1 aromatic rings. The van der Waals surface area contributed by atoms with Gasteiger partial charge in [-0.3, -0.25) is 4.79 Å². The molecular weight excluding hydrogens is 266 g/mol. The highest BCUT2D eigenvalue weighted by Crippen LogP contribution is 2.33. The van der Waals surface area contributed by atoms with Crippen LogP contribution in [0.4, 0.5) is 0 Å². The third kappa shape index (κ3) is 2.11. The van der Waals surface area contributed by atoms with Crippen LogP contribution in [-0.2, 0) is 18.0 Å². The molecule has 0 bridgehead atoms. The maximum atomic E-state index is 12.4. The number of piperidine rings is 1. The van der Waals surface area contributed by atoms with Crippen molar-refractivity contribution in [2.24, 2.45) is 7.05 Å². The Labute approximate surface area is 114 Å². The number of rotatable bonds is 1. The van der Waals surface area contributed by atoms with Gasteiger partial charge in [-0.25, -0.2) is 8.93 Å². The maximum absolute atomic E-state index is 12.4. The van der Waals surface area contributed by atoms with E-state index in [1.807, 2.05) is 0 Å². The number of ether oxygens (including phenoxy) is 1. The summed E-state index contributed by atoms with van der Waals surface area (Å²) < 4.78 is 23.1. The molecular formula is C12H17N3O3S. The van der Waals surface area contributed by atoms with E-state index in [2.05, 4.69) is 10.0 Å². The summed E-state index contributed by atoms with van der Waals surface area (Å²) in [5, 5.41) is 3.28. The molecule has 1 aromatic heterocycles. The Kier molecular flexibility index (Phi) is 3.20. The van der Waals surface area contributed by atoms with Crippen molar-refractivity contribution in [2.45, 2.75) is 23.3 Å². The van der Waals surface area contributed by atoms with Crippen LogP contribution in [0.1, 0.15) is 23.3 Å².